The molecule has 0 aromatic heterocycles. The van der Waals surface area contributed by atoms with Crippen LogP contribution >= 0.6 is 0 Å². The van der Waals surface area contributed by atoms with Crippen LogP contribution < -0.4 is 0 Å². The topological polar surface area (TPSA) is 0 Å². The highest BCUT2D eigenvalue weighted by Gasteiger charge is 2.26. The van der Waals surface area contributed by atoms with Crippen molar-refractivity contribution in [1.29, 1.82) is 0 Å². The van der Waals surface area contributed by atoms with Crippen LogP contribution in [0.5, 0.6) is 0 Å². The molecule has 0 nitrogen and oxygen atoms in total. The maximum Gasteiger partial charge on any atom is -0.00000000000926 e. The first-order valence-corrected chi connectivity index (χ1v) is 11.5. The van der Waals surface area contributed by atoms with Crippen LogP contribution in [0, 0.1) is 23.7 Å². The van der Waals surface area contributed by atoms with Gasteiger partial charge in [-0.15, -0.1) is 0 Å². The third-order valence-corrected chi connectivity index (χ3v) is 4.94. The average Bonchev–Trinajstić information content (AvgIpc) is 3.69. The summed E-state index contributed by atoms with van der Waals surface area (Å²) in [4.78, 5) is 0. The zero-order chi connectivity index (χ0) is 25.3. The van der Waals surface area contributed by atoms with E-state index in [0.717, 1.165) is 35.7 Å². The second-order valence-electron chi connectivity index (χ2n) is 7.98. The molecule has 0 heterocycles. The summed E-state index contributed by atoms with van der Waals surface area (Å²) < 4.78 is 0. The Bertz CT molecular complexity index is 1110. The molecule has 2 aliphatic carbocycles. The lowest BCUT2D eigenvalue weighted by atomic mass is 10.3. The average molecular weight is 499 g/mol. The van der Waals surface area contributed by atoms with Gasteiger partial charge in [0.05, 0.1) is 0 Å². The highest BCUT2D eigenvalue weighted by molar-refractivity contribution is 4.97. The third-order valence-electron chi connectivity index (χ3n) is 4.94. The van der Waals surface area contributed by atoms with Gasteiger partial charge < -0.3 is 0 Å². The van der Waals surface area contributed by atoms with Gasteiger partial charge in [0.1, 0.15) is 0 Å². The Kier molecular flexibility index (Phi) is 43.6. The predicted molar refractivity (Wildman–Crippen MR) is 168 cm³/mol. The van der Waals surface area contributed by atoms with Crippen molar-refractivity contribution >= 4 is 0 Å². The summed E-state index contributed by atoms with van der Waals surface area (Å²) in [7, 11) is 0. The molecule has 0 aromatic carbocycles. The first-order valence-electron chi connectivity index (χ1n) is 11.5. The quantitative estimate of drug-likeness (QED) is 0.249. The molecule has 202 valence electrons. The smallest absolute Gasteiger partial charge is 0.00000000000926 e. The van der Waals surface area contributed by atoms with Crippen molar-refractivity contribution in [1.82, 2.24) is 0 Å². The summed E-state index contributed by atoms with van der Waals surface area (Å²) in [6.45, 7) is 20.5. The fraction of sp³-hybridized carbons (Fsp3) is 0.514. The van der Waals surface area contributed by atoms with Gasteiger partial charge in [-0.3, -0.25) is 0 Å². The van der Waals surface area contributed by atoms with Gasteiger partial charge in [-0.2, -0.15) is 0 Å². The lowest BCUT2D eigenvalue weighted by molar-refractivity contribution is 0.834. The first-order chi connectivity index (χ1) is 15.8. The van der Waals surface area contributed by atoms with Gasteiger partial charge in [0.15, 0.2) is 0 Å². The SMILES string of the molecule is C.C.C.C.C/C=C\C.C=C=C=C=C=C=C=C=C=C=C=C=C=C=C=C(C)CC.CC1CC1C.CC1C[C@@H]1C. The Morgan fingerprint density at radius 2 is 0.838 bits per heavy atom. The van der Waals surface area contributed by atoms with E-state index in [1.807, 2.05) is 39.8 Å². The van der Waals surface area contributed by atoms with E-state index in [-0.39, 0.29) is 29.7 Å². The maximum absolute atomic E-state index is 3.31. The minimum atomic E-state index is 0. The Balaban J connectivity index is -0.000000109. The summed E-state index contributed by atoms with van der Waals surface area (Å²) >= 11 is 0. The molecule has 0 aliphatic heterocycles. The minimum Gasteiger partial charge on any atom is -0.0919 e. The lowest BCUT2D eigenvalue weighted by Gasteiger charge is -1.79. The molecule has 2 fully saturated rings. The van der Waals surface area contributed by atoms with Crippen LogP contribution in [0.25, 0.3) is 0 Å². The maximum atomic E-state index is 3.31. The van der Waals surface area contributed by atoms with Crippen molar-refractivity contribution in [2.45, 2.75) is 104 Å². The number of allylic oxidation sites excluding steroid dienone is 3. The normalized spacial score (nSPS) is 16.9. The Morgan fingerprint density at radius 1 is 0.595 bits per heavy atom. The summed E-state index contributed by atoms with van der Waals surface area (Å²) in [5.74, 6) is 4.20. The molecule has 0 bridgehead atoms. The highest BCUT2D eigenvalue weighted by atomic mass is 14.3. The molecule has 0 amide bonds. The van der Waals surface area contributed by atoms with Gasteiger partial charge in [-0.05, 0) is 145 Å². The van der Waals surface area contributed by atoms with Gasteiger partial charge >= 0.3 is 0 Å². The molecular weight excluding hydrogens is 444 g/mol. The van der Waals surface area contributed by atoms with Crippen LogP contribution in [0.2, 0.25) is 0 Å². The standard InChI is InChI=1S/C19H10.2C5H10.C4H8.4CH4/c1-4-6-7-8-9-10-11-12-13-14-15-16-17-18-19(3)5-2;2*1-4-3-5(4)2;1-3-4-2;;;;/h1,5H2,2-3H3;2*4-5H,3H2,1-2H3;3-4H,1-2H3;4*1H4/b;;;4-3-;;;;/t;4-,5?;;;;;;/m.0....../s1. The van der Waals surface area contributed by atoms with Gasteiger partial charge in [0.25, 0.3) is 0 Å². The van der Waals surface area contributed by atoms with E-state index in [0.29, 0.717) is 0 Å². The van der Waals surface area contributed by atoms with Gasteiger partial charge in [0.2, 0.25) is 0 Å². The number of hydrogen-bond acceptors (Lipinski definition) is 0. The molecule has 0 N–H and O–H groups in total. The van der Waals surface area contributed by atoms with Crippen molar-refractivity contribution in [3.63, 3.8) is 0 Å². The van der Waals surface area contributed by atoms with Crippen LogP contribution in [-0.2, 0) is 0 Å². The van der Waals surface area contributed by atoms with E-state index < -0.39 is 0 Å². The Morgan fingerprint density at radius 3 is 1.03 bits per heavy atom. The van der Waals surface area contributed by atoms with Crippen LogP contribution in [0.3, 0.4) is 0 Å². The summed E-state index contributed by atoms with van der Waals surface area (Å²) in [6, 6.07) is 0. The predicted octanol–water partition coefficient (Wildman–Crippen LogP) is 11.6. The molecule has 4 atom stereocenters. The van der Waals surface area contributed by atoms with Gasteiger partial charge in [-0.25, -0.2) is 0 Å². The largest absolute Gasteiger partial charge is 0.0919 e. The van der Waals surface area contributed by atoms with Crippen molar-refractivity contribution in [2.24, 2.45) is 23.7 Å². The number of hydrogen-bond donors (Lipinski definition) is 0. The fourth-order valence-corrected chi connectivity index (χ4v) is 1.60. The zero-order valence-corrected chi connectivity index (χ0v) is 21.8. The Hall–Kier alpha value is -3.60. The molecule has 37 heavy (non-hydrogen) atoms. The second-order valence-corrected chi connectivity index (χ2v) is 7.98. The molecule has 0 aromatic rings. The lowest BCUT2D eigenvalue weighted by Crippen LogP contribution is -1.61. The zero-order valence-electron chi connectivity index (χ0n) is 21.8. The van der Waals surface area contributed by atoms with Crippen LogP contribution in [0.15, 0.2) is 105 Å². The van der Waals surface area contributed by atoms with Gasteiger partial charge in [-0.1, -0.05) is 87.9 Å². The third kappa shape index (κ3) is 43.0. The van der Waals surface area contributed by atoms with Crippen LogP contribution in [0.1, 0.15) is 104 Å². The Labute approximate surface area is 232 Å². The fourth-order valence-electron chi connectivity index (χ4n) is 1.60. The van der Waals surface area contributed by atoms with E-state index in [9.17, 15) is 0 Å². The number of rotatable bonds is 1. The van der Waals surface area contributed by atoms with Gasteiger partial charge in [0, 0.05) is 0 Å². The van der Waals surface area contributed by atoms with E-state index in [4.69, 9.17) is 0 Å². The van der Waals surface area contributed by atoms with E-state index in [1.165, 1.54) is 12.8 Å². The molecule has 2 rings (SSSR count). The first kappa shape index (κ1) is 46.7. The highest BCUT2D eigenvalue weighted by Crippen LogP contribution is 2.36. The summed E-state index contributed by atoms with van der Waals surface area (Å²) in [6.07, 6.45) is 7.88. The molecule has 0 radical (unpaired) electrons. The molecule has 0 heteroatoms. The molecule has 2 aliphatic rings. The molecule has 2 saturated carbocycles. The van der Waals surface area contributed by atoms with E-state index >= 15 is 0 Å². The van der Waals surface area contributed by atoms with Crippen molar-refractivity contribution in [3.05, 3.63) is 105 Å². The monoisotopic (exact) mass is 498 g/mol. The molecular formula is C37H54. The van der Waals surface area contributed by atoms with E-state index in [2.05, 4.69) is 115 Å². The molecule has 0 spiro atoms. The van der Waals surface area contributed by atoms with Crippen molar-refractivity contribution < 1.29 is 0 Å². The molecule has 3 unspecified atom stereocenters. The van der Waals surface area contributed by atoms with Crippen molar-refractivity contribution in [2.75, 3.05) is 0 Å². The second kappa shape index (κ2) is 34.6. The minimum absolute atomic E-state index is 0. The van der Waals surface area contributed by atoms with Crippen LogP contribution in [-0.4, -0.2) is 0 Å². The summed E-state index contributed by atoms with van der Waals surface area (Å²) in [5.41, 5.74) is 36.9. The van der Waals surface area contributed by atoms with Crippen molar-refractivity contribution in [3.8, 4) is 0 Å². The molecule has 0 saturated heterocycles. The van der Waals surface area contributed by atoms with Crippen LogP contribution in [0.4, 0.5) is 0 Å². The summed E-state index contributed by atoms with van der Waals surface area (Å²) in [5, 5.41) is 0. The van der Waals surface area contributed by atoms with E-state index in [1.54, 1.807) is 0 Å².